The lowest BCUT2D eigenvalue weighted by molar-refractivity contribution is 0.573. The Labute approximate surface area is 103 Å². The minimum Gasteiger partial charge on any atom is -0.444 e. The topological polar surface area (TPSA) is 26.0 Å². The Morgan fingerprint density at radius 3 is 3.06 bits per heavy atom. The van der Waals surface area contributed by atoms with E-state index in [9.17, 15) is 0 Å². The minimum atomic E-state index is 0.414. The highest BCUT2D eigenvalue weighted by Crippen LogP contribution is 2.36. The van der Waals surface area contributed by atoms with E-state index < -0.39 is 0 Å². The molecule has 0 saturated heterocycles. The molecular formula is C12H12ClNOS. The third-order valence-electron chi connectivity index (χ3n) is 2.99. The van der Waals surface area contributed by atoms with Crippen molar-refractivity contribution in [3.8, 4) is 10.8 Å². The summed E-state index contributed by atoms with van der Waals surface area (Å²) in [7, 11) is 0. The molecule has 0 aliphatic heterocycles. The van der Waals surface area contributed by atoms with Gasteiger partial charge in [-0.25, -0.2) is 4.98 Å². The number of rotatable bonds is 2. The summed E-state index contributed by atoms with van der Waals surface area (Å²) in [5.74, 6) is 1.15. The highest BCUT2D eigenvalue weighted by molar-refractivity contribution is 7.13. The molecule has 0 saturated carbocycles. The Hall–Kier alpha value is -0.800. The molecule has 2 aromatic rings. The lowest BCUT2D eigenvalue weighted by atomic mass is 9.94. The number of hydrogen-bond donors (Lipinski definition) is 0. The molecular weight excluding hydrogens is 242 g/mol. The van der Waals surface area contributed by atoms with Gasteiger partial charge in [0, 0.05) is 0 Å². The highest BCUT2D eigenvalue weighted by atomic mass is 35.5. The summed E-state index contributed by atoms with van der Waals surface area (Å²) in [5.41, 5.74) is 3.74. The van der Waals surface area contributed by atoms with Crippen molar-refractivity contribution in [1.82, 2.24) is 4.98 Å². The van der Waals surface area contributed by atoms with E-state index in [1.54, 1.807) is 17.6 Å². The summed E-state index contributed by atoms with van der Waals surface area (Å²) in [6.07, 6.45) is 6.60. The SMILES string of the molecule is ClCc1coc(-c2scc3c2CCCC3)n1. The van der Waals surface area contributed by atoms with Crippen LogP contribution in [0.5, 0.6) is 0 Å². The second kappa shape index (κ2) is 4.22. The molecule has 0 bridgehead atoms. The number of halogens is 1. The molecule has 0 atom stereocenters. The maximum Gasteiger partial charge on any atom is 0.236 e. The first-order chi connectivity index (χ1) is 7.88. The predicted octanol–water partition coefficient (Wildman–Crippen LogP) is 4.02. The van der Waals surface area contributed by atoms with Gasteiger partial charge >= 0.3 is 0 Å². The van der Waals surface area contributed by atoms with Crippen LogP contribution in [0.1, 0.15) is 29.7 Å². The Balaban J connectivity index is 2.02. The molecule has 0 unspecified atom stereocenters. The van der Waals surface area contributed by atoms with Crippen LogP contribution < -0.4 is 0 Å². The number of hydrogen-bond acceptors (Lipinski definition) is 3. The molecule has 2 nitrogen and oxygen atoms in total. The van der Waals surface area contributed by atoms with Gasteiger partial charge in [0.05, 0.1) is 16.5 Å². The number of oxazole rings is 1. The van der Waals surface area contributed by atoms with E-state index in [-0.39, 0.29) is 0 Å². The number of nitrogens with zero attached hydrogens (tertiary/aromatic N) is 1. The fraction of sp³-hybridized carbons (Fsp3) is 0.417. The summed E-state index contributed by atoms with van der Waals surface area (Å²) in [6, 6.07) is 0. The molecule has 84 valence electrons. The Kier molecular flexibility index (Phi) is 2.74. The van der Waals surface area contributed by atoms with Crippen molar-refractivity contribution in [3.05, 3.63) is 28.5 Å². The number of alkyl halides is 1. The molecule has 2 aromatic heterocycles. The molecule has 3 rings (SSSR count). The molecule has 0 amide bonds. The van der Waals surface area contributed by atoms with Crippen LogP contribution in [-0.4, -0.2) is 4.98 Å². The Morgan fingerprint density at radius 1 is 1.38 bits per heavy atom. The predicted molar refractivity (Wildman–Crippen MR) is 66.0 cm³/mol. The Bertz CT molecular complexity index is 503. The maximum absolute atomic E-state index is 5.73. The Morgan fingerprint density at radius 2 is 2.25 bits per heavy atom. The smallest absolute Gasteiger partial charge is 0.236 e. The standard InChI is InChI=1S/C12H12ClNOS/c13-5-9-6-15-12(14-9)11-10-4-2-1-3-8(10)7-16-11/h6-7H,1-5H2. The number of fused-ring (bicyclic) bond motifs is 1. The zero-order chi connectivity index (χ0) is 11.0. The summed E-state index contributed by atoms with van der Waals surface area (Å²) >= 11 is 7.47. The van der Waals surface area contributed by atoms with Crippen LogP contribution in [0, 0.1) is 0 Å². The van der Waals surface area contributed by atoms with Gasteiger partial charge in [-0.15, -0.1) is 22.9 Å². The molecule has 1 aliphatic rings. The maximum atomic E-state index is 5.73. The largest absolute Gasteiger partial charge is 0.444 e. The van der Waals surface area contributed by atoms with E-state index in [1.165, 1.54) is 35.3 Å². The summed E-state index contributed by atoms with van der Waals surface area (Å²) < 4.78 is 5.48. The minimum absolute atomic E-state index is 0.414. The van der Waals surface area contributed by atoms with Crippen LogP contribution in [0.3, 0.4) is 0 Å². The summed E-state index contributed by atoms with van der Waals surface area (Å²) in [4.78, 5) is 5.59. The summed E-state index contributed by atoms with van der Waals surface area (Å²) in [5, 5.41) is 2.24. The van der Waals surface area contributed by atoms with E-state index in [0.29, 0.717) is 5.88 Å². The first kappa shape index (κ1) is 10.4. The van der Waals surface area contributed by atoms with Crippen LogP contribution in [0.25, 0.3) is 10.8 Å². The van der Waals surface area contributed by atoms with Crippen molar-refractivity contribution in [2.75, 3.05) is 0 Å². The van der Waals surface area contributed by atoms with E-state index in [1.807, 2.05) is 0 Å². The zero-order valence-corrected chi connectivity index (χ0v) is 10.4. The quantitative estimate of drug-likeness (QED) is 0.756. The van der Waals surface area contributed by atoms with Crippen molar-refractivity contribution in [2.45, 2.75) is 31.6 Å². The van der Waals surface area contributed by atoms with Crippen molar-refractivity contribution in [2.24, 2.45) is 0 Å². The van der Waals surface area contributed by atoms with Gasteiger partial charge in [0.1, 0.15) is 6.26 Å². The third-order valence-corrected chi connectivity index (χ3v) is 4.32. The molecule has 0 aromatic carbocycles. The average molecular weight is 254 g/mol. The number of aryl methyl sites for hydroxylation is 1. The molecule has 0 radical (unpaired) electrons. The molecule has 2 heterocycles. The van der Waals surface area contributed by atoms with Crippen molar-refractivity contribution in [3.63, 3.8) is 0 Å². The first-order valence-corrected chi connectivity index (χ1v) is 6.90. The van der Waals surface area contributed by atoms with Crippen LogP contribution in [-0.2, 0) is 18.7 Å². The van der Waals surface area contributed by atoms with E-state index >= 15 is 0 Å². The highest BCUT2D eigenvalue weighted by Gasteiger charge is 2.19. The average Bonchev–Trinajstić information content (AvgIpc) is 2.94. The summed E-state index contributed by atoms with van der Waals surface area (Å²) in [6.45, 7) is 0. The van der Waals surface area contributed by atoms with Crippen molar-refractivity contribution in [1.29, 1.82) is 0 Å². The lowest BCUT2D eigenvalue weighted by Crippen LogP contribution is -1.99. The first-order valence-electron chi connectivity index (χ1n) is 5.48. The van der Waals surface area contributed by atoms with Crippen LogP contribution in [0.15, 0.2) is 16.1 Å². The fourth-order valence-corrected chi connectivity index (χ4v) is 3.38. The van der Waals surface area contributed by atoms with Gasteiger partial charge in [-0.05, 0) is 42.2 Å². The molecule has 0 N–H and O–H groups in total. The van der Waals surface area contributed by atoms with Crippen molar-refractivity contribution < 1.29 is 4.42 Å². The molecule has 0 fully saturated rings. The van der Waals surface area contributed by atoms with Gasteiger partial charge in [0.25, 0.3) is 0 Å². The van der Waals surface area contributed by atoms with E-state index in [4.69, 9.17) is 16.0 Å². The normalized spacial score (nSPS) is 15.1. The van der Waals surface area contributed by atoms with Gasteiger partial charge in [0.2, 0.25) is 5.89 Å². The number of thiophene rings is 1. The second-order valence-corrected chi connectivity index (χ2v) is 5.20. The van der Waals surface area contributed by atoms with E-state index in [2.05, 4.69) is 10.4 Å². The van der Waals surface area contributed by atoms with Crippen LogP contribution in [0.2, 0.25) is 0 Å². The van der Waals surface area contributed by atoms with Gasteiger partial charge < -0.3 is 4.42 Å². The lowest BCUT2D eigenvalue weighted by Gasteiger charge is -2.11. The zero-order valence-electron chi connectivity index (χ0n) is 8.83. The fourth-order valence-electron chi connectivity index (χ4n) is 2.17. The van der Waals surface area contributed by atoms with Crippen LogP contribution >= 0.6 is 22.9 Å². The molecule has 16 heavy (non-hydrogen) atoms. The van der Waals surface area contributed by atoms with Gasteiger partial charge in [0.15, 0.2) is 0 Å². The van der Waals surface area contributed by atoms with Gasteiger partial charge in [-0.3, -0.25) is 0 Å². The number of aromatic nitrogens is 1. The van der Waals surface area contributed by atoms with Crippen LogP contribution in [0.4, 0.5) is 0 Å². The van der Waals surface area contributed by atoms with Gasteiger partial charge in [-0.2, -0.15) is 0 Å². The second-order valence-electron chi connectivity index (χ2n) is 4.05. The van der Waals surface area contributed by atoms with Crippen molar-refractivity contribution >= 4 is 22.9 Å². The monoisotopic (exact) mass is 253 g/mol. The molecule has 0 spiro atoms. The van der Waals surface area contributed by atoms with E-state index in [0.717, 1.165) is 18.0 Å². The third kappa shape index (κ3) is 1.68. The molecule has 1 aliphatic carbocycles. The van der Waals surface area contributed by atoms with Gasteiger partial charge in [-0.1, -0.05) is 0 Å². The molecule has 4 heteroatoms.